The minimum Gasteiger partial charge on any atom is -0.352 e. The maximum atomic E-state index is 14.5. The second kappa shape index (κ2) is 12.3. The van der Waals surface area contributed by atoms with Crippen molar-refractivity contribution in [1.29, 1.82) is 0 Å². The Hall–Kier alpha value is -2.36. The van der Waals surface area contributed by atoms with Crippen molar-refractivity contribution in [2.75, 3.05) is 17.1 Å². The SMILES string of the molecule is C[C@@H](C(=O)NC1CCCCC1)N(Cc1ccccc1F)C(=O)CN(c1cc(Cl)cc(Cl)c1)S(C)(=O)=O. The molecule has 0 spiro atoms. The van der Waals surface area contributed by atoms with Gasteiger partial charge in [0.25, 0.3) is 0 Å². The highest BCUT2D eigenvalue weighted by molar-refractivity contribution is 7.92. The normalized spacial score (nSPS) is 15.2. The van der Waals surface area contributed by atoms with E-state index in [2.05, 4.69) is 5.32 Å². The number of hydrogen-bond donors (Lipinski definition) is 1. The summed E-state index contributed by atoms with van der Waals surface area (Å²) >= 11 is 12.1. The van der Waals surface area contributed by atoms with Crippen molar-refractivity contribution in [3.8, 4) is 0 Å². The van der Waals surface area contributed by atoms with E-state index in [0.717, 1.165) is 42.7 Å². The van der Waals surface area contributed by atoms with E-state index in [0.29, 0.717) is 0 Å². The molecule has 0 radical (unpaired) electrons. The first-order chi connectivity index (χ1) is 17.0. The van der Waals surface area contributed by atoms with Crippen LogP contribution in [0.4, 0.5) is 10.1 Å². The summed E-state index contributed by atoms with van der Waals surface area (Å²) in [6.07, 6.45) is 5.82. The Morgan fingerprint density at radius 3 is 2.28 bits per heavy atom. The third kappa shape index (κ3) is 7.57. The fraction of sp³-hybridized carbons (Fsp3) is 0.440. The van der Waals surface area contributed by atoms with Crippen LogP contribution in [-0.4, -0.2) is 50.0 Å². The number of carbonyl (C=O) groups excluding carboxylic acids is 2. The molecule has 1 atom stereocenters. The first kappa shape index (κ1) is 28.2. The van der Waals surface area contributed by atoms with Crippen molar-refractivity contribution in [2.24, 2.45) is 0 Å². The zero-order valence-electron chi connectivity index (χ0n) is 20.2. The van der Waals surface area contributed by atoms with Crippen LogP contribution in [0.5, 0.6) is 0 Å². The zero-order valence-corrected chi connectivity index (χ0v) is 22.5. The predicted octanol–water partition coefficient (Wildman–Crippen LogP) is 4.76. The molecule has 11 heteroatoms. The number of nitrogens with one attached hydrogen (secondary N) is 1. The molecule has 1 N–H and O–H groups in total. The highest BCUT2D eigenvalue weighted by Gasteiger charge is 2.31. The fourth-order valence-corrected chi connectivity index (χ4v) is 5.61. The number of nitrogens with zero attached hydrogens (tertiary/aromatic N) is 2. The second-order valence-corrected chi connectivity index (χ2v) is 11.8. The largest absolute Gasteiger partial charge is 0.352 e. The molecule has 0 heterocycles. The Morgan fingerprint density at radius 2 is 1.69 bits per heavy atom. The van der Waals surface area contributed by atoms with Crippen molar-refractivity contribution in [3.63, 3.8) is 0 Å². The Balaban J connectivity index is 1.90. The van der Waals surface area contributed by atoms with E-state index in [-0.39, 0.29) is 39.8 Å². The van der Waals surface area contributed by atoms with Crippen LogP contribution in [0.2, 0.25) is 10.0 Å². The number of amides is 2. The Bertz CT molecular complexity index is 1190. The standard InChI is InChI=1S/C25H30Cl2FN3O4S/c1-17(25(33)29-21-9-4-3-5-10-21)30(15-18-8-6-7-11-23(18)28)24(32)16-31(36(2,34)35)22-13-19(26)12-20(27)14-22/h6-8,11-14,17,21H,3-5,9-10,15-16H2,1-2H3,(H,29,33)/t17-/m0/s1. The number of benzene rings is 2. The summed E-state index contributed by atoms with van der Waals surface area (Å²) in [5, 5.41) is 3.38. The van der Waals surface area contributed by atoms with Gasteiger partial charge in [0, 0.05) is 28.2 Å². The van der Waals surface area contributed by atoms with Crippen LogP contribution in [0.1, 0.15) is 44.6 Å². The molecule has 36 heavy (non-hydrogen) atoms. The van der Waals surface area contributed by atoms with Crippen molar-refractivity contribution in [1.82, 2.24) is 10.2 Å². The minimum atomic E-state index is -3.94. The third-order valence-electron chi connectivity index (χ3n) is 6.23. The Morgan fingerprint density at radius 1 is 1.08 bits per heavy atom. The van der Waals surface area contributed by atoms with Crippen LogP contribution in [0.15, 0.2) is 42.5 Å². The fourth-order valence-electron chi connectivity index (χ4n) is 4.26. The van der Waals surface area contributed by atoms with Gasteiger partial charge in [0.15, 0.2) is 0 Å². The second-order valence-electron chi connectivity index (χ2n) is 9.03. The molecule has 196 valence electrons. The first-order valence-corrected chi connectivity index (χ1v) is 14.3. The van der Waals surface area contributed by atoms with Crippen LogP contribution in [0.3, 0.4) is 0 Å². The molecule has 3 rings (SSSR count). The average Bonchev–Trinajstić information content (AvgIpc) is 2.80. The lowest BCUT2D eigenvalue weighted by Gasteiger charge is -2.33. The summed E-state index contributed by atoms with van der Waals surface area (Å²) in [5.74, 6) is -1.58. The van der Waals surface area contributed by atoms with Gasteiger partial charge in [-0.05, 0) is 44.0 Å². The van der Waals surface area contributed by atoms with Crippen molar-refractivity contribution < 1.29 is 22.4 Å². The van der Waals surface area contributed by atoms with E-state index in [4.69, 9.17) is 23.2 Å². The molecule has 2 amide bonds. The van der Waals surface area contributed by atoms with Gasteiger partial charge >= 0.3 is 0 Å². The molecule has 2 aromatic rings. The van der Waals surface area contributed by atoms with Gasteiger partial charge in [-0.15, -0.1) is 0 Å². The summed E-state index contributed by atoms with van der Waals surface area (Å²) in [6.45, 7) is 0.724. The van der Waals surface area contributed by atoms with Gasteiger partial charge in [0.1, 0.15) is 18.4 Å². The molecule has 2 aromatic carbocycles. The summed E-state index contributed by atoms with van der Waals surface area (Å²) in [4.78, 5) is 27.9. The van der Waals surface area contributed by atoms with Crippen LogP contribution in [0.25, 0.3) is 0 Å². The maximum absolute atomic E-state index is 14.5. The lowest BCUT2D eigenvalue weighted by atomic mass is 9.95. The van der Waals surface area contributed by atoms with Crippen molar-refractivity contribution in [2.45, 2.75) is 57.7 Å². The first-order valence-electron chi connectivity index (χ1n) is 11.7. The van der Waals surface area contributed by atoms with Gasteiger partial charge in [0.2, 0.25) is 21.8 Å². The smallest absolute Gasteiger partial charge is 0.244 e. The number of hydrogen-bond acceptors (Lipinski definition) is 4. The zero-order chi connectivity index (χ0) is 26.5. The molecular weight excluding hydrogens is 528 g/mol. The summed E-state index contributed by atoms with van der Waals surface area (Å²) in [5.41, 5.74) is 0.313. The van der Waals surface area contributed by atoms with Gasteiger partial charge in [-0.2, -0.15) is 0 Å². The molecule has 1 saturated carbocycles. The maximum Gasteiger partial charge on any atom is 0.244 e. The Labute approximate surface area is 221 Å². The lowest BCUT2D eigenvalue weighted by Crippen LogP contribution is -2.53. The third-order valence-corrected chi connectivity index (χ3v) is 7.81. The molecule has 7 nitrogen and oxygen atoms in total. The van der Waals surface area contributed by atoms with Crippen LogP contribution in [-0.2, 0) is 26.2 Å². The molecule has 1 aliphatic carbocycles. The van der Waals surface area contributed by atoms with E-state index in [1.54, 1.807) is 13.0 Å². The van der Waals surface area contributed by atoms with Crippen molar-refractivity contribution >= 4 is 50.7 Å². The van der Waals surface area contributed by atoms with E-state index in [1.165, 1.54) is 41.3 Å². The number of rotatable bonds is 9. The van der Waals surface area contributed by atoms with Crippen LogP contribution < -0.4 is 9.62 Å². The molecule has 1 fully saturated rings. The van der Waals surface area contributed by atoms with Gasteiger partial charge in [-0.1, -0.05) is 60.7 Å². The number of carbonyl (C=O) groups is 2. The number of anilines is 1. The average molecular weight is 559 g/mol. The van der Waals surface area contributed by atoms with Gasteiger partial charge < -0.3 is 10.2 Å². The molecule has 0 aromatic heterocycles. The summed E-state index contributed by atoms with van der Waals surface area (Å²) in [7, 11) is -3.94. The Kier molecular flexibility index (Phi) is 9.60. The van der Waals surface area contributed by atoms with Gasteiger partial charge in [-0.25, -0.2) is 12.8 Å². The van der Waals surface area contributed by atoms with Crippen LogP contribution >= 0.6 is 23.2 Å². The summed E-state index contributed by atoms with van der Waals surface area (Å²) < 4.78 is 40.6. The van der Waals surface area contributed by atoms with E-state index in [1.807, 2.05) is 0 Å². The topological polar surface area (TPSA) is 86.8 Å². The van der Waals surface area contributed by atoms with Crippen molar-refractivity contribution in [3.05, 3.63) is 63.9 Å². The van der Waals surface area contributed by atoms with E-state index >= 15 is 0 Å². The quantitative estimate of drug-likeness (QED) is 0.481. The molecular formula is C25H30Cl2FN3O4S. The van der Waals surface area contributed by atoms with E-state index < -0.39 is 34.3 Å². The number of sulfonamides is 1. The monoisotopic (exact) mass is 557 g/mol. The number of halogens is 3. The molecule has 0 aliphatic heterocycles. The lowest BCUT2D eigenvalue weighted by molar-refractivity contribution is -0.139. The summed E-state index contributed by atoms with van der Waals surface area (Å²) in [6, 6.07) is 9.18. The highest BCUT2D eigenvalue weighted by Crippen LogP contribution is 2.27. The minimum absolute atomic E-state index is 0.0141. The molecule has 0 unspecified atom stereocenters. The van der Waals surface area contributed by atoms with E-state index in [9.17, 15) is 22.4 Å². The van der Waals surface area contributed by atoms with Gasteiger partial charge in [-0.3, -0.25) is 13.9 Å². The molecule has 1 aliphatic rings. The van der Waals surface area contributed by atoms with Gasteiger partial charge in [0.05, 0.1) is 11.9 Å². The highest BCUT2D eigenvalue weighted by atomic mass is 35.5. The van der Waals surface area contributed by atoms with Crippen LogP contribution in [0, 0.1) is 5.82 Å². The molecule has 0 bridgehead atoms. The predicted molar refractivity (Wildman–Crippen MR) is 140 cm³/mol. The molecule has 0 saturated heterocycles.